The molecule has 0 spiro atoms. The van der Waals surface area contributed by atoms with E-state index < -0.39 is 0 Å². The van der Waals surface area contributed by atoms with E-state index in [1.807, 2.05) is 0 Å². The lowest BCUT2D eigenvalue weighted by atomic mass is 10.1. The summed E-state index contributed by atoms with van der Waals surface area (Å²) in [5, 5.41) is 0.606. The van der Waals surface area contributed by atoms with E-state index in [2.05, 4.69) is 15.9 Å². The van der Waals surface area contributed by atoms with Crippen LogP contribution in [0.25, 0.3) is 0 Å². The normalized spacial score (nSPS) is 12.2. The van der Waals surface area contributed by atoms with Crippen LogP contribution in [0.15, 0.2) is 46.9 Å². The third kappa shape index (κ3) is 4.47. The molecule has 1 atom stereocenters. The van der Waals surface area contributed by atoms with Crippen LogP contribution in [0.3, 0.4) is 0 Å². The van der Waals surface area contributed by atoms with Gasteiger partial charge in [-0.3, -0.25) is 0 Å². The van der Waals surface area contributed by atoms with E-state index in [9.17, 15) is 4.39 Å². The molecule has 0 aliphatic carbocycles. The van der Waals surface area contributed by atoms with Gasteiger partial charge in [-0.15, -0.1) is 0 Å². The van der Waals surface area contributed by atoms with Crippen molar-refractivity contribution in [3.8, 4) is 5.75 Å². The number of ether oxygens (including phenoxy) is 1. The highest BCUT2D eigenvalue weighted by atomic mass is 79.9. The summed E-state index contributed by atoms with van der Waals surface area (Å²) in [5.41, 5.74) is 6.54. The minimum Gasteiger partial charge on any atom is -0.492 e. The molecule has 2 rings (SSSR count). The number of nitrogens with two attached hydrogens (primary N) is 1. The van der Waals surface area contributed by atoms with Gasteiger partial charge in [0, 0.05) is 15.5 Å². The second kappa shape index (κ2) is 7.07. The van der Waals surface area contributed by atoms with Crippen molar-refractivity contribution < 1.29 is 9.13 Å². The van der Waals surface area contributed by atoms with E-state index in [0.29, 0.717) is 29.4 Å². The summed E-state index contributed by atoms with van der Waals surface area (Å²) >= 11 is 9.18. The number of benzene rings is 2. The molecule has 0 radical (unpaired) electrons. The lowest BCUT2D eigenvalue weighted by Gasteiger charge is -2.14. The molecule has 0 fully saturated rings. The molecule has 1 unspecified atom stereocenters. The summed E-state index contributed by atoms with van der Waals surface area (Å²) < 4.78 is 20.0. The summed E-state index contributed by atoms with van der Waals surface area (Å²) in [4.78, 5) is 0. The van der Waals surface area contributed by atoms with Gasteiger partial charge in [0.05, 0.1) is 0 Å². The second-order valence-corrected chi connectivity index (χ2v) is 5.82. The van der Waals surface area contributed by atoms with Crippen molar-refractivity contribution in [3.63, 3.8) is 0 Å². The minimum atomic E-state index is -0.294. The molecule has 2 N–H and O–H groups in total. The van der Waals surface area contributed by atoms with Crippen LogP contribution in [0.5, 0.6) is 5.75 Å². The summed E-state index contributed by atoms with van der Waals surface area (Å²) in [6, 6.07) is 11.6. The molecular weight excluding hydrogens is 345 g/mol. The van der Waals surface area contributed by atoms with Gasteiger partial charge in [-0.05, 0) is 48.4 Å². The lowest BCUT2D eigenvalue weighted by Crippen LogP contribution is -2.30. The van der Waals surface area contributed by atoms with Gasteiger partial charge in [-0.1, -0.05) is 33.6 Å². The number of hydrogen-bond acceptors (Lipinski definition) is 2. The topological polar surface area (TPSA) is 35.2 Å². The van der Waals surface area contributed by atoms with Crippen LogP contribution in [0, 0.1) is 5.82 Å². The quantitative estimate of drug-likeness (QED) is 0.870. The molecule has 0 aliphatic heterocycles. The zero-order chi connectivity index (χ0) is 14.5. The van der Waals surface area contributed by atoms with Gasteiger partial charge >= 0.3 is 0 Å². The van der Waals surface area contributed by atoms with E-state index in [1.165, 1.54) is 6.07 Å². The maximum Gasteiger partial charge on any atom is 0.126 e. The Hall–Kier alpha value is -1.10. The van der Waals surface area contributed by atoms with Crippen molar-refractivity contribution in [2.45, 2.75) is 12.5 Å². The fraction of sp³-hybridized carbons (Fsp3) is 0.200. The zero-order valence-corrected chi connectivity index (χ0v) is 13.0. The predicted molar refractivity (Wildman–Crippen MR) is 82.7 cm³/mol. The smallest absolute Gasteiger partial charge is 0.126 e. The molecule has 0 heterocycles. The number of halogens is 3. The molecule has 5 heteroatoms. The summed E-state index contributed by atoms with van der Waals surface area (Å²) in [6.45, 7) is 0.298. The lowest BCUT2D eigenvalue weighted by molar-refractivity contribution is 0.287. The Kier molecular flexibility index (Phi) is 5.40. The highest BCUT2D eigenvalue weighted by Crippen LogP contribution is 2.19. The van der Waals surface area contributed by atoms with Gasteiger partial charge in [-0.2, -0.15) is 0 Å². The molecule has 0 saturated heterocycles. The van der Waals surface area contributed by atoms with Crippen LogP contribution < -0.4 is 10.5 Å². The first-order valence-electron chi connectivity index (χ1n) is 6.12. The minimum absolute atomic E-state index is 0.258. The maximum atomic E-state index is 13.6. The number of rotatable bonds is 5. The van der Waals surface area contributed by atoms with E-state index in [0.717, 1.165) is 4.47 Å². The molecular formula is C15H14BrClFNO. The third-order valence-electron chi connectivity index (χ3n) is 2.75. The second-order valence-electron chi connectivity index (χ2n) is 4.47. The van der Waals surface area contributed by atoms with Crippen LogP contribution in [0.2, 0.25) is 5.02 Å². The first-order chi connectivity index (χ1) is 9.54. The van der Waals surface area contributed by atoms with E-state index in [4.69, 9.17) is 22.1 Å². The van der Waals surface area contributed by atoms with E-state index in [1.54, 1.807) is 36.4 Å². The molecule has 0 aliphatic rings. The summed E-state index contributed by atoms with van der Waals surface area (Å²) in [7, 11) is 0. The Morgan fingerprint density at radius 3 is 2.80 bits per heavy atom. The fourth-order valence-corrected chi connectivity index (χ4v) is 2.39. The van der Waals surface area contributed by atoms with E-state index >= 15 is 0 Å². The van der Waals surface area contributed by atoms with Gasteiger partial charge in [0.15, 0.2) is 0 Å². The van der Waals surface area contributed by atoms with Gasteiger partial charge in [0.2, 0.25) is 0 Å². The van der Waals surface area contributed by atoms with Crippen molar-refractivity contribution in [1.82, 2.24) is 0 Å². The van der Waals surface area contributed by atoms with Gasteiger partial charge in [0.1, 0.15) is 18.2 Å². The Labute approximate surface area is 130 Å². The van der Waals surface area contributed by atoms with Crippen molar-refractivity contribution >= 4 is 27.5 Å². The molecule has 0 saturated carbocycles. The first-order valence-corrected chi connectivity index (χ1v) is 7.29. The Balaban J connectivity index is 1.92. The van der Waals surface area contributed by atoms with Crippen LogP contribution in [0.1, 0.15) is 5.56 Å². The molecule has 0 amide bonds. The molecule has 20 heavy (non-hydrogen) atoms. The SMILES string of the molecule is NC(COc1cccc(Cl)c1)Cc1cc(Br)ccc1F. The molecule has 0 aromatic heterocycles. The fourth-order valence-electron chi connectivity index (χ4n) is 1.80. The third-order valence-corrected chi connectivity index (χ3v) is 3.48. The maximum absolute atomic E-state index is 13.6. The zero-order valence-electron chi connectivity index (χ0n) is 10.7. The van der Waals surface area contributed by atoms with Crippen LogP contribution in [0.4, 0.5) is 4.39 Å². The monoisotopic (exact) mass is 357 g/mol. The molecule has 2 aromatic carbocycles. The average Bonchev–Trinajstić information content (AvgIpc) is 2.41. The van der Waals surface area contributed by atoms with Crippen molar-refractivity contribution in [1.29, 1.82) is 0 Å². The van der Waals surface area contributed by atoms with Crippen LogP contribution in [-0.4, -0.2) is 12.6 Å². The summed E-state index contributed by atoms with van der Waals surface area (Å²) in [5.74, 6) is 0.397. The highest BCUT2D eigenvalue weighted by molar-refractivity contribution is 9.10. The van der Waals surface area contributed by atoms with Gasteiger partial charge in [-0.25, -0.2) is 4.39 Å². The van der Waals surface area contributed by atoms with E-state index in [-0.39, 0.29) is 11.9 Å². The largest absolute Gasteiger partial charge is 0.492 e. The van der Waals surface area contributed by atoms with Gasteiger partial charge in [0.25, 0.3) is 0 Å². The standard InChI is InChI=1S/C15H14BrClFNO/c16-11-4-5-15(18)10(6-11)7-13(19)9-20-14-3-1-2-12(17)8-14/h1-6,8,13H,7,9,19H2. The molecule has 0 bridgehead atoms. The van der Waals surface area contributed by atoms with Crippen molar-refractivity contribution in [3.05, 3.63) is 63.3 Å². The predicted octanol–water partition coefficient (Wildman–Crippen LogP) is 4.19. The Morgan fingerprint density at radius 2 is 2.05 bits per heavy atom. The number of hydrogen-bond donors (Lipinski definition) is 1. The van der Waals surface area contributed by atoms with Crippen molar-refractivity contribution in [2.75, 3.05) is 6.61 Å². The van der Waals surface area contributed by atoms with Crippen LogP contribution >= 0.6 is 27.5 Å². The molecule has 2 nitrogen and oxygen atoms in total. The Morgan fingerprint density at radius 1 is 1.25 bits per heavy atom. The van der Waals surface area contributed by atoms with Gasteiger partial charge < -0.3 is 10.5 Å². The highest BCUT2D eigenvalue weighted by Gasteiger charge is 2.10. The Bertz CT molecular complexity index is 594. The molecule has 2 aromatic rings. The van der Waals surface area contributed by atoms with Crippen molar-refractivity contribution in [2.24, 2.45) is 5.73 Å². The average molecular weight is 359 g/mol. The first kappa shape index (κ1) is 15.3. The summed E-state index contributed by atoms with van der Waals surface area (Å²) in [6.07, 6.45) is 0.409. The molecule has 106 valence electrons. The van der Waals surface area contributed by atoms with Crippen LogP contribution in [-0.2, 0) is 6.42 Å².